The van der Waals surface area contributed by atoms with Gasteiger partial charge in [0.15, 0.2) is 0 Å². The summed E-state index contributed by atoms with van der Waals surface area (Å²) in [5, 5.41) is 13.6. The fraction of sp³-hybridized carbons (Fsp3) is 0.385. The van der Waals surface area contributed by atoms with Gasteiger partial charge in [0.1, 0.15) is 5.82 Å². The molecule has 0 saturated carbocycles. The minimum atomic E-state index is -0.825. The summed E-state index contributed by atoms with van der Waals surface area (Å²) < 4.78 is 13.2. The molecule has 2 amide bonds. The van der Waals surface area contributed by atoms with Crippen LogP contribution in [0.3, 0.4) is 0 Å². The fourth-order valence-corrected chi connectivity index (χ4v) is 1.89. The van der Waals surface area contributed by atoms with Gasteiger partial charge in [-0.3, -0.25) is 9.59 Å². The second-order valence-electron chi connectivity index (χ2n) is 4.41. The summed E-state index contributed by atoms with van der Waals surface area (Å²) in [5.74, 6) is -1.97. The van der Waals surface area contributed by atoms with Crippen LogP contribution in [0.1, 0.15) is 13.3 Å². The number of halogens is 2. The number of hydrogen-bond acceptors (Lipinski definition) is 3. The van der Waals surface area contributed by atoms with E-state index in [9.17, 15) is 14.0 Å². The highest BCUT2D eigenvalue weighted by Gasteiger charge is 2.15. The molecule has 1 aromatic rings. The molecule has 5 nitrogen and oxygen atoms in total. The molecule has 3 N–H and O–H groups in total. The molecule has 0 saturated heterocycles. The molecule has 0 radical (unpaired) electrons. The number of aliphatic hydroxyl groups excluding tert-OH is 1. The Morgan fingerprint density at radius 3 is 2.70 bits per heavy atom. The van der Waals surface area contributed by atoms with Crippen LogP contribution in [0.25, 0.3) is 0 Å². The van der Waals surface area contributed by atoms with Gasteiger partial charge in [-0.05, 0) is 46.5 Å². The standard InChI is InChI=1S/C13H16BrFN2O3/c1-8(4-5-18)7-16-12(19)13(20)17-11-3-2-9(15)6-10(11)14/h2-3,6,8,18H,4-5,7H2,1H3,(H,16,19)(H,17,20). The van der Waals surface area contributed by atoms with E-state index in [1.54, 1.807) is 0 Å². The predicted octanol–water partition coefficient (Wildman–Crippen LogP) is 1.66. The smallest absolute Gasteiger partial charge is 0.313 e. The Balaban J connectivity index is 2.51. The molecular formula is C13H16BrFN2O3. The van der Waals surface area contributed by atoms with Crippen molar-refractivity contribution >= 4 is 33.4 Å². The lowest BCUT2D eigenvalue weighted by Gasteiger charge is -2.11. The second-order valence-corrected chi connectivity index (χ2v) is 5.26. The number of amides is 2. The summed E-state index contributed by atoms with van der Waals surface area (Å²) in [7, 11) is 0. The van der Waals surface area contributed by atoms with E-state index < -0.39 is 17.6 Å². The second kappa shape index (κ2) is 7.96. The van der Waals surface area contributed by atoms with Crippen molar-refractivity contribution < 1.29 is 19.1 Å². The van der Waals surface area contributed by atoms with Crippen LogP contribution in [-0.4, -0.2) is 30.1 Å². The molecule has 1 atom stereocenters. The molecule has 1 aromatic carbocycles. The SMILES string of the molecule is CC(CCO)CNC(=O)C(=O)Nc1ccc(F)cc1Br. The van der Waals surface area contributed by atoms with Crippen molar-refractivity contribution in [3.63, 3.8) is 0 Å². The Bertz CT molecular complexity index is 497. The molecule has 0 aliphatic rings. The highest BCUT2D eigenvalue weighted by Crippen LogP contribution is 2.22. The topological polar surface area (TPSA) is 78.4 Å². The zero-order chi connectivity index (χ0) is 15.1. The van der Waals surface area contributed by atoms with E-state index in [-0.39, 0.29) is 12.5 Å². The molecule has 0 bridgehead atoms. The molecule has 0 aliphatic carbocycles. The minimum Gasteiger partial charge on any atom is -0.396 e. The van der Waals surface area contributed by atoms with E-state index in [4.69, 9.17) is 5.11 Å². The monoisotopic (exact) mass is 346 g/mol. The van der Waals surface area contributed by atoms with Crippen LogP contribution in [-0.2, 0) is 9.59 Å². The van der Waals surface area contributed by atoms with E-state index in [1.165, 1.54) is 18.2 Å². The maximum atomic E-state index is 12.9. The predicted molar refractivity (Wildman–Crippen MR) is 76.6 cm³/mol. The molecule has 110 valence electrons. The van der Waals surface area contributed by atoms with Crippen molar-refractivity contribution in [1.82, 2.24) is 5.32 Å². The van der Waals surface area contributed by atoms with E-state index in [0.717, 1.165) is 0 Å². The molecule has 0 fully saturated rings. The molecule has 7 heteroatoms. The van der Waals surface area contributed by atoms with Gasteiger partial charge in [-0.1, -0.05) is 6.92 Å². The Kier molecular flexibility index (Phi) is 6.60. The average molecular weight is 347 g/mol. The van der Waals surface area contributed by atoms with Gasteiger partial charge >= 0.3 is 11.8 Å². The zero-order valence-corrected chi connectivity index (χ0v) is 12.5. The Morgan fingerprint density at radius 1 is 1.40 bits per heavy atom. The van der Waals surface area contributed by atoms with Gasteiger partial charge in [-0.15, -0.1) is 0 Å². The quantitative estimate of drug-likeness (QED) is 0.709. The van der Waals surface area contributed by atoms with Crippen molar-refractivity contribution in [1.29, 1.82) is 0 Å². The normalized spacial score (nSPS) is 11.8. The highest BCUT2D eigenvalue weighted by atomic mass is 79.9. The van der Waals surface area contributed by atoms with Crippen LogP contribution >= 0.6 is 15.9 Å². The first-order chi connectivity index (χ1) is 9.43. The van der Waals surface area contributed by atoms with Gasteiger partial charge in [0.2, 0.25) is 0 Å². The number of aliphatic hydroxyl groups is 1. The van der Waals surface area contributed by atoms with Crippen molar-refractivity contribution in [2.75, 3.05) is 18.5 Å². The molecule has 0 aromatic heterocycles. The number of carbonyl (C=O) groups excluding carboxylic acids is 2. The number of benzene rings is 1. The maximum Gasteiger partial charge on any atom is 0.313 e. The summed E-state index contributed by atoms with van der Waals surface area (Å²) in [6, 6.07) is 3.73. The minimum absolute atomic E-state index is 0.0335. The van der Waals surface area contributed by atoms with Gasteiger partial charge in [0.25, 0.3) is 0 Å². The van der Waals surface area contributed by atoms with Crippen LogP contribution in [0, 0.1) is 11.7 Å². The van der Waals surface area contributed by atoms with E-state index in [0.29, 0.717) is 23.1 Å². The average Bonchev–Trinajstić information content (AvgIpc) is 2.39. The van der Waals surface area contributed by atoms with Crippen molar-refractivity contribution in [2.24, 2.45) is 5.92 Å². The Morgan fingerprint density at radius 2 is 2.10 bits per heavy atom. The van der Waals surface area contributed by atoms with Gasteiger partial charge < -0.3 is 15.7 Å². The van der Waals surface area contributed by atoms with Crippen molar-refractivity contribution in [2.45, 2.75) is 13.3 Å². The lowest BCUT2D eigenvalue weighted by molar-refractivity contribution is -0.136. The largest absolute Gasteiger partial charge is 0.396 e. The Hall–Kier alpha value is -1.47. The summed E-state index contributed by atoms with van der Waals surface area (Å²) in [6.45, 7) is 2.19. The zero-order valence-electron chi connectivity index (χ0n) is 11.0. The van der Waals surface area contributed by atoms with Crippen molar-refractivity contribution in [3.05, 3.63) is 28.5 Å². The number of hydrogen-bond donors (Lipinski definition) is 3. The van der Waals surface area contributed by atoms with Crippen molar-refractivity contribution in [3.8, 4) is 0 Å². The number of nitrogens with one attached hydrogen (secondary N) is 2. The van der Waals surface area contributed by atoms with Gasteiger partial charge in [-0.25, -0.2) is 4.39 Å². The lowest BCUT2D eigenvalue weighted by atomic mass is 10.1. The lowest BCUT2D eigenvalue weighted by Crippen LogP contribution is -2.37. The van der Waals surface area contributed by atoms with Crippen LogP contribution in [0.2, 0.25) is 0 Å². The van der Waals surface area contributed by atoms with Gasteiger partial charge in [0.05, 0.1) is 5.69 Å². The van der Waals surface area contributed by atoms with Gasteiger partial charge in [0, 0.05) is 17.6 Å². The molecular weight excluding hydrogens is 331 g/mol. The van der Waals surface area contributed by atoms with E-state index >= 15 is 0 Å². The van der Waals surface area contributed by atoms with Crippen LogP contribution < -0.4 is 10.6 Å². The number of anilines is 1. The summed E-state index contributed by atoms with van der Waals surface area (Å²) in [4.78, 5) is 23.2. The molecule has 20 heavy (non-hydrogen) atoms. The third-order valence-electron chi connectivity index (χ3n) is 2.62. The van der Waals surface area contributed by atoms with Crippen LogP contribution in [0.4, 0.5) is 10.1 Å². The molecule has 1 unspecified atom stereocenters. The van der Waals surface area contributed by atoms with Crippen LogP contribution in [0.15, 0.2) is 22.7 Å². The van der Waals surface area contributed by atoms with Crippen LogP contribution in [0.5, 0.6) is 0 Å². The Labute approximate surface area is 124 Å². The molecule has 0 spiro atoms. The van der Waals surface area contributed by atoms with E-state index in [1.807, 2.05) is 6.92 Å². The first-order valence-electron chi connectivity index (χ1n) is 6.09. The maximum absolute atomic E-state index is 12.9. The first-order valence-corrected chi connectivity index (χ1v) is 6.88. The number of carbonyl (C=O) groups is 2. The third-order valence-corrected chi connectivity index (χ3v) is 3.27. The third kappa shape index (κ3) is 5.26. The highest BCUT2D eigenvalue weighted by molar-refractivity contribution is 9.10. The van der Waals surface area contributed by atoms with E-state index in [2.05, 4.69) is 26.6 Å². The summed E-state index contributed by atoms with van der Waals surface area (Å²) in [5.41, 5.74) is 0.315. The summed E-state index contributed by atoms with van der Waals surface area (Å²) >= 11 is 3.09. The first kappa shape index (κ1) is 16.6. The molecule has 0 aliphatic heterocycles. The van der Waals surface area contributed by atoms with Gasteiger partial charge in [-0.2, -0.15) is 0 Å². The fourth-order valence-electron chi connectivity index (χ4n) is 1.44. The molecule has 1 rings (SSSR count). The number of rotatable bonds is 5. The summed E-state index contributed by atoms with van der Waals surface area (Å²) in [6.07, 6.45) is 0.547. The molecule has 0 heterocycles.